The first-order chi connectivity index (χ1) is 34.0. The maximum atomic E-state index is 12.8. The van der Waals surface area contributed by atoms with Gasteiger partial charge in [0.15, 0.2) is 6.10 Å². The molecule has 0 aliphatic heterocycles. The highest BCUT2D eigenvalue weighted by Crippen LogP contribution is 2.16. The first-order valence-corrected chi connectivity index (χ1v) is 29.8. The monoisotopic (exact) mass is 965 g/mol. The summed E-state index contributed by atoms with van der Waals surface area (Å²) in [5.41, 5.74) is 0. The van der Waals surface area contributed by atoms with Crippen LogP contribution < -0.4 is 0 Å². The SMILES string of the molecule is CC/C=C\C/C=C\C/C=C\C/C=C\CCCCC(=O)O[C@H](COC(=O)CCCCCCCCC/C=C\CCCCCCCC)COC(=O)CCCCCCCCCCCCCCCCCCCCC. The smallest absolute Gasteiger partial charge is 0.306 e. The van der Waals surface area contributed by atoms with Gasteiger partial charge in [-0.2, -0.15) is 0 Å². The lowest BCUT2D eigenvalue weighted by Crippen LogP contribution is -2.30. The average Bonchev–Trinajstić information content (AvgIpc) is 3.35. The summed E-state index contributed by atoms with van der Waals surface area (Å²) < 4.78 is 16.9. The van der Waals surface area contributed by atoms with E-state index in [1.165, 1.54) is 180 Å². The van der Waals surface area contributed by atoms with Crippen LogP contribution in [-0.4, -0.2) is 37.2 Å². The van der Waals surface area contributed by atoms with E-state index >= 15 is 0 Å². The molecule has 6 nitrogen and oxygen atoms in total. The molecular weight excluding hydrogens is 853 g/mol. The van der Waals surface area contributed by atoms with Crippen molar-refractivity contribution < 1.29 is 28.6 Å². The average molecular weight is 966 g/mol. The minimum atomic E-state index is -0.796. The second-order valence-corrected chi connectivity index (χ2v) is 19.9. The molecule has 0 spiro atoms. The van der Waals surface area contributed by atoms with Crippen LogP contribution >= 0.6 is 0 Å². The van der Waals surface area contributed by atoms with Crippen LogP contribution in [0.1, 0.15) is 303 Å². The van der Waals surface area contributed by atoms with E-state index in [-0.39, 0.29) is 37.5 Å². The van der Waals surface area contributed by atoms with Crippen molar-refractivity contribution in [2.24, 2.45) is 0 Å². The van der Waals surface area contributed by atoms with Gasteiger partial charge in [0.1, 0.15) is 13.2 Å². The van der Waals surface area contributed by atoms with Crippen LogP contribution in [0, 0.1) is 0 Å². The van der Waals surface area contributed by atoms with E-state index < -0.39 is 6.10 Å². The molecule has 0 bridgehead atoms. The Morgan fingerprint density at radius 1 is 0.304 bits per heavy atom. The number of carbonyl (C=O) groups excluding carboxylic acids is 3. The fourth-order valence-electron chi connectivity index (χ4n) is 8.55. The Bertz CT molecular complexity index is 1250. The molecule has 0 rings (SSSR count). The highest BCUT2D eigenvalue weighted by atomic mass is 16.6. The molecule has 0 fully saturated rings. The first kappa shape index (κ1) is 66.1. The fourth-order valence-corrected chi connectivity index (χ4v) is 8.55. The highest BCUT2D eigenvalue weighted by molar-refractivity contribution is 5.71. The summed E-state index contributed by atoms with van der Waals surface area (Å²) in [5, 5.41) is 0. The molecule has 69 heavy (non-hydrogen) atoms. The van der Waals surface area contributed by atoms with Crippen molar-refractivity contribution in [1.29, 1.82) is 0 Å². The maximum Gasteiger partial charge on any atom is 0.306 e. The van der Waals surface area contributed by atoms with Gasteiger partial charge >= 0.3 is 17.9 Å². The number of carbonyl (C=O) groups is 3. The van der Waals surface area contributed by atoms with Crippen LogP contribution in [0.5, 0.6) is 0 Å². The lowest BCUT2D eigenvalue weighted by atomic mass is 10.0. The topological polar surface area (TPSA) is 78.9 Å². The van der Waals surface area contributed by atoms with Crippen LogP contribution in [0.3, 0.4) is 0 Å². The van der Waals surface area contributed by atoms with Crippen LogP contribution in [0.25, 0.3) is 0 Å². The van der Waals surface area contributed by atoms with Gasteiger partial charge in [0.05, 0.1) is 0 Å². The quantitative estimate of drug-likeness (QED) is 0.0262. The second kappa shape index (κ2) is 57.7. The first-order valence-electron chi connectivity index (χ1n) is 29.8. The van der Waals surface area contributed by atoms with Gasteiger partial charge in [-0.05, 0) is 83.5 Å². The second-order valence-electron chi connectivity index (χ2n) is 19.9. The number of esters is 3. The van der Waals surface area contributed by atoms with Crippen LogP contribution in [0.15, 0.2) is 60.8 Å². The van der Waals surface area contributed by atoms with E-state index in [1.807, 2.05) is 0 Å². The van der Waals surface area contributed by atoms with Crippen molar-refractivity contribution in [3.63, 3.8) is 0 Å². The Labute approximate surface area is 428 Å². The third-order valence-electron chi connectivity index (χ3n) is 13.0. The molecule has 1 atom stereocenters. The molecule has 0 aliphatic rings. The van der Waals surface area contributed by atoms with E-state index in [0.29, 0.717) is 19.3 Å². The summed E-state index contributed by atoms with van der Waals surface area (Å²) >= 11 is 0. The van der Waals surface area contributed by atoms with Crippen molar-refractivity contribution in [1.82, 2.24) is 0 Å². The Morgan fingerprint density at radius 3 is 0.928 bits per heavy atom. The molecule has 0 aromatic heterocycles. The standard InChI is InChI=1S/C63H112O6/c1-4-7-10-13-16-19-22-25-28-30-31-33-36-38-41-44-47-50-53-56-62(65)68-59-60(69-63(66)57-54-51-48-45-42-39-34-27-24-21-18-15-12-9-6-3)58-67-61(64)55-52-49-46-43-40-37-35-32-29-26-23-20-17-14-11-8-5-2/h9,12,18,21,26-27,29,34,42,45,60H,4-8,10-11,13-17,19-20,22-25,28,30-33,35-41,43-44,46-59H2,1-3H3/b12-9-,21-18-,29-26-,34-27-,45-42-/t60-/m1/s1. The zero-order valence-electron chi connectivity index (χ0n) is 45.8. The number of ether oxygens (including phenoxy) is 3. The Balaban J connectivity index is 4.38. The number of rotatable bonds is 54. The predicted octanol–water partition coefficient (Wildman–Crippen LogP) is 20.0. The number of hydrogen-bond acceptors (Lipinski definition) is 6. The molecule has 0 amide bonds. The lowest BCUT2D eigenvalue weighted by molar-refractivity contribution is -0.167. The predicted molar refractivity (Wildman–Crippen MR) is 298 cm³/mol. The van der Waals surface area contributed by atoms with E-state index in [1.54, 1.807) is 0 Å². The molecule has 0 saturated heterocycles. The zero-order valence-corrected chi connectivity index (χ0v) is 45.8. The summed E-state index contributed by atoms with van der Waals surface area (Å²) in [5.74, 6) is -0.922. The summed E-state index contributed by atoms with van der Waals surface area (Å²) in [6.45, 7) is 6.52. The Morgan fingerprint density at radius 2 is 0.565 bits per heavy atom. The maximum absolute atomic E-state index is 12.8. The third kappa shape index (κ3) is 55.9. The highest BCUT2D eigenvalue weighted by Gasteiger charge is 2.19. The molecule has 400 valence electrons. The molecule has 0 unspecified atom stereocenters. The summed E-state index contributed by atoms with van der Waals surface area (Å²) in [7, 11) is 0. The Kier molecular flexibility index (Phi) is 55.3. The zero-order chi connectivity index (χ0) is 50.0. The van der Waals surface area contributed by atoms with Gasteiger partial charge in [-0.3, -0.25) is 14.4 Å². The molecule has 0 heterocycles. The van der Waals surface area contributed by atoms with E-state index in [2.05, 4.69) is 81.5 Å². The molecule has 0 radical (unpaired) electrons. The normalized spacial score (nSPS) is 12.4. The summed E-state index contributed by atoms with van der Waals surface area (Å²) in [6.07, 6.45) is 72.2. The van der Waals surface area contributed by atoms with Crippen LogP contribution in [0.2, 0.25) is 0 Å². The summed E-state index contributed by atoms with van der Waals surface area (Å²) in [4.78, 5) is 38.2. The van der Waals surface area contributed by atoms with Crippen molar-refractivity contribution in [2.45, 2.75) is 309 Å². The van der Waals surface area contributed by atoms with Crippen LogP contribution in [-0.2, 0) is 28.6 Å². The number of allylic oxidation sites excluding steroid dienone is 10. The van der Waals surface area contributed by atoms with E-state index in [0.717, 1.165) is 77.0 Å². The molecule has 0 N–H and O–H groups in total. The Hall–Kier alpha value is -2.89. The number of hydrogen-bond donors (Lipinski definition) is 0. The largest absolute Gasteiger partial charge is 0.462 e. The van der Waals surface area contributed by atoms with Gasteiger partial charge in [0.2, 0.25) is 0 Å². The molecule has 6 heteroatoms. The van der Waals surface area contributed by atoms with Gasteiger partial charge in [-0.1, -0.05) is 261 Å². The van der Waals surface area contributed by atoms with E-state index in [9.17, 15) is 14.4 Å². The minimum Gasteiger partial charge on any atom is -0.462 e. The molecule has 0 saturated carbocycles. The van der Waals surface area contributed by atoms with Gasteiger partial charge in [0, 0.05) is 19.3 Å². The molecule has 0 aromatic rings. The molecule has 0 aromatic carbocycles. The number of unbranched alkanes of at least 4 members (excludes halogenated alkanes) is 33. The molecular formula is C63H112O6. The van der Waals surface area contributed by atoms with Gasteiger partial charge in [-0.15, -0.1) is 0 Å². The van der Waals surface area contributed by atoms with Gasteiger partial charge < -0.3 is 14.2 Å². The van der Waals surface area contributed by atoms with E-state index in [4.69, 9.17) is 14.2 Å². The third-order valence-corrected chi connectivity index (χ3v) is 13.0. The molecule has 0 aliphatic carbocycles. The van der Waals surface area contributed by atoms with Crippen molar-refractivity contribution in [2.75, 3.05) is 13.2 Å². The van der Waals surface area contributed by atoms with Crippen LogP contribution in [0.4, 0.5) is 0 Å². The van der Waals surface area contributed by atoms with Gasteiger partial charge in [-0.25, -0.2) is 0 Å². The minimum absolute atomic E-state index is 0.0894. The lowest BCUT2D eigenvalue weighted by Gasteiger charge is -2.18. The van der Waals surface area contributed by atoms with Crippen molar-refractivity contribution in [3.05, 3.63) is 60.8 Å². The van der Waals surface area contributed by atoms with Crippen molar-refractivity contribution in [3.8, 4) is 0 Å². The fraction of sp³-hybridized carbons (Fsp3) is 0.794. The van der Waals surface area contributed by atoms with Gasteiger partial charge in [0.25, 0.3) is 0 Å². The summed E-state index contributed by atoms with van der Waals surface area (Å²) in [6, 6.07) is 0. The van der Waals surface area contributed by atoms with Crippen molar-refractivity contribution >= 4 is 17.9 Å².